The Balaban J connectivity index is -0.000000124. The maximum absolute atomic E-state index is 10.5. The molecule has 0 fully saturated rings. The molecule has 0 rings (SSSR count). The summed E-state index contributed by atoms with van der Waals surface area (Å²) in [6.45, 7) is 1.68. The normalized spacial score (nSPS) is 12.9. The minimum absolute atomic E-state index is 0.644. The Labute approximate surface area is 369 Å². The second-order valence-corrected chi connectivity index (χ2v) is 31.8. The predicted octanol–water partition coefficient (Wildman–Crippen LogP) is -6.42. The first-order valence-corrected chi connectivity index (χ1v) is 34.7. The standard InChI is InChI=1S/C5H10NO7P.C4H13N3.5CH6O6P2/c7-4(8)1-6(2-5(9)10)3-14(11,12)13;5-1-3-7-4-2-6;5*2-8(3,4)1-9(5,6)7/h1-3H2,(H,7,8)(H,9,10)(H2,11,12,13);7H,1-6H2;5*1H2,(H2,2,3,4)(H2,5,6,7). The van der Waals surface area contributed by atoms with Crippen molar-refractivity contribution in [1.29, 1.82) is 0 Å². The van der Waals surface area contributed by atoms with Crippen LogP contribution in [0.2, 0.25) is 0 Å². The van der Waals surface area contributed by atoms with Crippen molar-refractivity contribution in [3.05, 3.63) is 0 Å². The van der Waals surface area contributed by atoms with Crippen molar-refractivity contribution < 1.29 is 178 Å². The van der Waals surface area contributed by atoms with Crippen LogP contribution in [0.15, 0.2) is 0 Å². The highest BCUT2D eigenvalue weighted by Crippen LogP contribution is 2.54. The van der Waals surface area contributed by atoms with Gasteiger partial charge in [-0.3, -0.25) is 64.7 Å². The molecular weight excluding hydrogens is 1160 g/mol. The number of nitrogens with zero attached hydrogens (tertiary/aromatic N) is 1. The molecule has 0 aliphatic heterocycles. The fraction of sp³-hybridized carbons (Fsp3) is 0.857. The van der Waals surface area contributed by atoms with E-state index in [0.717, 1.165) is 13.1 Å². The van der Waals surface area contributed by atoms with Gasteiger partial charge in [-0.1, -0.05) is 0 Å². The van der Waals surface area contributed by atoms with Gasteiger partial charge in [-0.25, -0.2) is 0 Å². The van der Waals surface area contributed by atoms with Gasteiger partial charge >= 0.3 is 95.5 Å². The molecule has 0 atom stereocenters. The zero-order valence-corrected chi connectivity index (χ0v) is 42.4. The molecule has 0 aromatic carbocycles. The van der Waals surface area contributed by atoms with Crippen LogP contribution in [-0.2, 0) is 59.8 Å². The van der Waals surface area contributed by atoms with E-state index in [9.17, 15) is 59.8 Å². The molecule has 66 heavy (non-hydrogen) atoms. The van der Waals surface area contributed by atoms with E-state index >= 15 is 0 Å². The van der Waals surface area contributed by atoms with Crippen LogP contribution < -0.4 is 16.8 Å². The third-order valence-electron chi connectivity index (χ3n) is 3.59. The summed E-state index contributed by atoms with van der Waals surface area (Å²) in [4.78, 5) is 197. The van der Waals surface area contributed by atoms with Crippen molar-refractivity contribution in [2.45, 2.75) is 0 Å². The lowest BCUT2D eigenvalue weighted by atomic mass is 10.5. The molecule has 0 spiro atoms. The summed E-state index contributed by atoms with van der Waals surface area (Å²) in [6.07, 6.45) is -0.883. The SMILES string of the molecule is NCCNCCN.O=C(O)CN(CC(=O)O)CP(=O)(O)O.O=P(O)(O)CP(=O)(O)O.O=P(O)(O)CP(=O)(O)O.O=P(O)(O)CP(=O)(O)O.O=P(O)(O)CP(=O)(O)O.O=P(O)(O)CP(=O)(O)O. The van der Waals surface area contributed by atoms with Crippen LogP contribution in [0.5, 0.6) is 0 Å². The number of rotatable bonds is 20. The summed E-state index contributed by atoms with van der Waals surface area (Å²) in [5, 5.41) is 19.6. The van der Waals surface area contributed by atoms with E-state index in [0.29, 0.717) is 18.0 Å². The van der Waals surface area contributed by atoms with E-state index in [1.165, 1.54) is 0 Å². The number of nitrogens with one attached hydrogen (secondary N) is 1. The minimum Gasteiger partial charge on any atom is -0.480 e. The summed E-state index contributed by atoms with van der Waals surface area (Å²) < 4.78 is 109. The van der Waals surface area contributed by atoms with E-state index in [1.807, 2.05) is 0 Å². The van der Waals surface area contributed by atoms with Crippen molar-refractivity contribution >= 4 is 95.5 Å². The Morgan fingerprint density at radius 1 is 0.333 bits per heavy atom. The van der Waals surface area contributed by atoms with Gasteiger partial charge in [0.2, 0.25) is 0 Å². The summed E-state index contributed by atoms with van der Waals surface area (Å²) in [5.41, 5.74) is 10.3. The molecule has 0 bridgehead atoms. The number of carbonyl (C=O) groups is 2. The maximum Gasteiger partial charge on any atom is 0.339 e. The molecule has 0 radical (unpaired) electrons. The molecule has 0 aromatic heterocycles. The lowest BCUT2D eigenvalue weighted by Crippen LogP contribution is -2.35. The number of aliphatic carboxylic acids is 2. The van der Waals surface area contributed by atoms with Crippen molar-refractivity contribution in [2.24, 2.45) is 11.5 Å². The zero-order chi connectivity index (χ0) is 55.4. The third-order valence-corrected chi connectivity index (χ3v) is 19.1. The summed E-state index contributed by atoms with van der Waals surface area (Å²) >= 11 is 0. The van der Waals surface area contributed by atoms with Crippen LogP contribution in [-0.4, -0.2) is 210 Å². The van der Waals surface area contributed by atoms with Crippen molar-refractivity contribution in [2.75, 3.05) is 75.1 Å². The number of nitrogens with two attached hydrogens (primary N) is 2. The molecule has 0 aliphatic carbocycles. The number of hydrogen-bond donors (Lipinski definition) is 27. The molecule has 0 amide bonds. The van der Waals surface area contributed by atoms with Crippen LogP contribution in [0, 0.1) is 0 Å². The zero-order valence-electron chi connectivity index (χ0n) is 32.5. The van der Waals surface area contributed by atoms with Crippen LogP contribution in [0.4, 0.5) is 0 Å². The first-order valence-electron chi connectivity index (χ1n) is 14.9. The number of hydrogen-bond acceptors (Lipinski definition) is 17. The van der Waals surface area contributed by atoms with Crippen LogP contribution in [0.3, 0.4) is 0 Å². The molecule has 0 saturated carbocycles. The Morgan fingerprint density at radius 2 is 0.485 bits per heavy atom. The van der Waals surface area contributed by atoms with Crippen molar-refractivity contribution in [3.63, 3.8) is 0 Å². The van der Waals surface area contributed by atoms with Crippen molar-refractivity contribution in [3.8, 4) is 0 Å². The number of carboxylic acid groups (broad SMARTS) is 2. The lowest BCUT2D eigenvalue weighted by Gasteiger charge is -2.17. The van der Waals surface area contributed by atoms with Crippen LogP contribution >= 0.6 is 83.6 Å². The summed E-state index contributed by atoms with van der Waals surface area (Å²) in [5.74, 6) is -9.57. The average molecular weight is 1210 g/mol. The Kier molecular flexibility index (Phi) is 42.4. The van der Waals surface area contributed by atoms with Crippen LogP contribution in [0.1, 0.15) is 0 Å². The van der Waals surface area contributed by atoms with Gasteiger partial charge in [-0.2, -0.15) is 0 Å². The highest BCUT2D eigenvalue weighted by atomic mass is 31.3. The Hall–Kier alpha value is 0.430. The highest BCUT2D eigenvalue weighted by molar-refractivity contribution is 7.71. The average Bonchev–Trinajstić information content (AvgIpc) is 2.83. The van der Waals surface area contributed by atoms with Gasteiger partial charge < -0.3 is 135 Å². The van der Waals surface area contributed by atoms with E-state index in [1.54, 1.807) is 0 Å². The molecule has 0 saturated heterocycles. The summed E-state index contributed by atoms with van der Waals surface area (Å²) in [7, 11) is -49.9. The molecular formula is C14H53N4O37P11. The molecule has 0 aliphatic rings. The van der Waals surface area contributed by atoms with Gasteiger partial charge in [-0.05, 0) is 0 Å². The number of carboxylic acids is 2. The minimum atomic E-state index is -4.55. The fourth-order valence-corrected chi connectivity index (χ4v) is 12.6. The van der Waals surface area contributed by atoms with Gasteiger partial charge in [0.1, 0.15) is 6.29 Å². The second kappa shape index (κ2) is 34.7. The summed E-state index contributed by atoms with van der Waals surface area (Å²) in [6, 6.07) is 0. The molecule has 52 heteroatoms. The Bertz CT molecular complexity index is 1560. The molecule has 0 heterocycles. The smallest absolute Gasteiger partial charge is 0.339 e. The first kappa shape index (κ1) is 80.5. The molecule has 41 nitrogen and oxygen atoms in total. The molecule has 0 aromatic rings. The van der Waals surface area contributed by atoms with Gasteiger partial charge in [0, 0.05) is 26.2 Å². The predicted molar refractivity (Wildman–Crippen MR) is 220 cm³/mol. The van der Waals surface area contributed by atoms with E-state index in [-0.39, 0.29) is 0 Å². The van der Waals surface area contributed by atoms with Crippen LogP contribution in [0.25, 0.3) is 0 Å². The fourth-order valence-electron chi connectivity index (χ4n) is 2.33. The highest BCUT2D eigenvalue weighted by Gasteiger charge is 2.30. The lowest BCUT2D eigenvalue weighted by molar-refractivity contribution is -0.141. The Morgan fingerprint density at radius 3 is 0.561 bits per heavy atom. The maximum atomic E-state index is 10.5. The van der Waals surface area contributed by atoms with E-state index < -0.39 is 144 Å². The first-order chi connectivity index (χ1) is 28.2. The largest absolute Gasteiger partial charge is 0.480 e. The van der Waals surface area contributed by atoms with Gasteiger partial charge in [0.05, 0.1) is 13.1 Å². The van der Waals surface area contributed by atoms with E-state index in [2.05, 4.69) is 5.32 Å². The topological polar surface area (TPSA) is 775 Å². The molecule has 406 valence electrons. The van der Waals surface area contributed by atoms with E-state index in [4.69, 9.17) is 129 Å². The molecule has 29 N–H and O–H groups in total. The molecule has 0 unspecified atom stereocenters. The quantitative estimate of drug-likeness (QED) is 0.0398. The second-order valence-electron chi connectivity index (χ2n) is 11.3. The van der Waals surface area contributed by atoms with Gasteiger partial charge in [-0.15, -0.1) is 0 Å². The monoisotopic (exact) mass is 1210 g/mol. The van der Waals surface area contributed by atoms with Gasteiger partial charge in [0.25, 0.3) is 0 Å². The third kappa shape index (κ3) is 115. The van der Waals surface area contributed by atoms with Crippen molar-refractivity contribution in [1.82, 2.24) is 10.2 Å². The van der Waals surface area contributed by atoms with Gasteiger partial charge in [0.15, 0.2) is 29.5 Å².